The number of hydrogen-bond acceptors (Lipinski definition) is 4. The first-order valence-corrected chi connectivity index (χ1v) is 8.94. The second kappa shape index (κ2) is 8.88. The zero-order valence-electron chi connectivity index (χ0n) is 16.0. The highest BCUT2D eigenvalue weighted by Crippen LogP contribution is 2.20. The standard InChI is InChI=1S/C18H36N2O3/c1-13(2)16-12-15(8-11-22-16)19-9-10-20(14(3)4)17(21)23-18(5,6)7/h13-16,19H,8-12H2,1-7H3. The molecular formula is C18H36N2O3. The maximum absolute atomic E-state index is 12.3. The number of amides is 1. The van der Waals surface area contributed by atoms with Gasteiger partial charge in [0.25, 0.3) is 0 Å². The summed E-state index contributed by atoms with van der Waals surface area (Å²) in [5.74, 6) is 0.550. The molecule has 1 amide bonds. The third-order valence-corrected chi connectivity index (χ3v) is 4.10. The molecule has 23 heavy (non-hydrogen) atoms. The summed E-state index contributed by atoms with van der Waals surface area (Å²) in [5, 5.41) is 3.58. The fourth-order valence-electron chi connectivity index (χ4n) is 2.75. The van der Waals surface area contributed by atoms with Crippen LogP contribution in [0.25, 0.3) is 0 Å². The number of ether oxygens (including phenoxy) is 2. The normalized spacial score (nSPS) is 22.5. The summed E-state index contributed by atoms with van der Waals surface area (Å²) in [7, 11) is 0. The second-order valence-electron chi connectivity index (χ2n) is 8.10. The Morgan fingerprint density at radius 3 is 2.48 bits per heavy atom. The number of nitrogens with one attached hydrogen (secondary N) is 1. The van der Waals surface area contributed by atoms with E-state index >= 15 is 0 Å². The minimum atomic E-state index is -0.456. The maximum atomic E-state index is 12.3. The molecule has 5 nitrogen and oxygen atoms in total. The van der Waals surface area contributed by atoms with Gasteiger partial charge in [-0.3, -0.25) is 0 Å². The molecule has 136 valence electrons. The highest BCUT2D eigenvalue weighted by Gasteiger charge is 2.26. The van der Waals surface area contributed by atoms with Gasteiger partial charge in [0.05, 0.1) is 6.10 Å². The van der Waals surface area contributed by atoms with Gasteiger partial charge in [0.1, 0.15) is 5.60 Å². The largest absolute Gasteiger partial charge is 0.444 e. The van der Waals surface area contributed by atoms with Crippen LogP contribution in [0, 0.1) is 5.92 Å². The number of carbonyl (C=O) groups excluding carboxylic acids is 1. The molecule has 1 heterocycles. The van der Waals surface area contributed by atoms with Crippen LogP contribution in [-0.4, -0.2) is 54.5 Å². The molecule has 0 saturated carbocycles. The van der Waals surface area contributed by atoms with Crippen molar-refractivity contribution in [2.75, 3.05) is 19.7 Å². The Hall–Kier alpha value is -0.810. The van der Waals surface area contributed by atoms with Gasteiger partial charge < -0.3 is 19.7 Å². The zero-order valence-corrected chi connectivity index (χ0v) is 16.0. The molecule has 1 N–H and O–H groups in total. The quantitative estimate of drug-likeness (QED) is 0.811. The van der Waals surface area contributed by atoms with Crippen LogP contribution in [0.15, 0.2) is 0 Å². The van der Waals surface area contributed by atoms with Crippen LogP contribution in [0.4, 0.5) is 4.79 Å². The van der Waals surface area contributed by atoms with Gasteiger partial charge in [0.2, 0.25) is 0 Å². The molecule has 0 spiro atoms. The van der Waals surface area contributed by atoms with E-state index < -0.39 is 5.60 Å². The van der Waals surface area contributed by atoms with Crippen molar-refractivity contribution in [2.45, 2.75) is 85.1 Å². The van der Waals surface area contributed by atoms with Crippen LogP contribution in [0.1, 0.15) is 61.3 Å². The summed E-state index contributed by atoms with van der Waals surface area (Å²) in [6.07, 6.45) is 2.19. The lowest BCUT2D eigenvalue weighted by Gasteiger charge is -2.34. The summed E-state index contributed by atoms with van der Waals surface area (Å²) < 4.78 is 11.3. The van der Waals surface area contributed by atoms with Crippen LogP contribution in [0.2, 0.25) is 0 Å². The average molecular weight is 328 g/mol. The van der Waals surface area contributed by atoms with Crippen LogP contribution >= 0.6 is 0 Å². The molecule has 1 aliphatic heterocycles. The van der Waals surface area contributed by atoms with E-state index in [1.54, 1.807) is 4.90 Å². The molecule has 1 rings (SSSR count). The van der Waals surface area contributed by atoms with Crippen LogP contribution in [0.3, 0.4) is 0 Å². The van der Waals surface area contributed by atoms with E-state index in [0.29, 0.717) is 24.6 Å². The van der Waals surface area contributed by atoms with E-state index in [4.69, 9.17) is 9.47 Å². The first-order valence-electron chi connectivity index (χ1n) is 8.94. The van der Waals surface area contributed by atoms with Gasteiger partial charge in [-0.15, -0.1) is 0 Å². The molecule has 0 aromatic carbocycles. The molecule has 1 fully saturated rings. The number of hydrogen-bond donors (Lipinski definition) is 1. The van der Waals surface area contributed by atoms with E-state index in [9.17, 15) is 4.79 Å². The van der Waals surface area contributed by atoms with Crippen molar-refractivity contribution >= 4 is 6.09 Å². The lowest BCUT2D eigenvalue weighted by Crippen LogP contribution is -2.47. The lowest BCUT2D eigenvalue weighted by molar-refractivity contribution is -0.0249. The highest BCUT2D eigenvalue weighted by molar-refractivity contribution is 5.68. The maximum Gasteiger partial charge on any atom is 0.410 e. The van der Waals surface area contributed by atoms with Crippen LogP contribution in [-0.2, 0) is 9.47 Å². The fourth-order valence-corrected chi connectivity index (χ4v) is 2.75. The first kappa shape index (κ1) is 20.2. The van der Waals surface area contributed by atoms with Crippen LogP contribution in [0.5, 0.6) is 0 Å². The average Bonchev–Trinajstić information content (AvgIpc) is 2.41. The van der Waals surface area contributed by atoms with Gasteiger partial charge in [-0.1, -0.05) is 13.8 Å². The first-order chi connectivity index (χ1) is 10.6. The molecule has 5 heteroatoms. The lowest BCUT2D eigenvalue weighted by atomic mass is 9.95. The molecule has 2 atom stereocenters. The Morgan fingerprint density at radius 2 is 1.96 bits per heavy atom. The molecule has 1 aliphatic rings. The van der Waals surface area contributed by atoms with Crippen LogP contribution < -0.4 is 5.32 Å². The summed E-state index contributed by atoms with van der Waals surface area (Å²) >= 11 is 0. The predicted octanol–water partition coefficient (Wildman–Crippen LogP) is 3.43. The van der Waals surface area contributed by atoms with Crippen molar-refractivity contribution in [1.82, 2.24) is 10.2 Å². The Kier molecular flexibility index (Phi) is 7.81. The van der Waals surface area contributed by atoms with Gasteiger partial charge in [-0.05, 0) is 53.4 Å². The zero-order chi connectivity index (χ0) is 17.6. The number of nitrogens with zero attached hydrogens (tertiary/aromatic N) is 1. The number of carbonyl (C=O) groups is 1. The second-order valence-corrected chi connectivity index (χ2v) is 8.10. The predicted molar refractivity (Wildman–Crippen MR) is 93.7 cm³/mol. The Bertz CT molecular complexity index is 364. The SMILES string of the molecule is CC(C)C1CC(NCCN(C(=O)OC(C)(C)C)C(C)C)CCO1. The minimum absolute atomic E-state index is 0.129. The Balaban J connectivity index is 2.42. The van der Waals surface area contributed by atoms with E-state index in [1.807, 2.05) is 34.6 Å². The van der Waals surface area contributed by atoms with Crippen molar-refractivity contribution < 1.29 is 14.3 Å². The summed E-state index contributed by atoms with van der Waals surface area (Å²) in [4.78, 5) is 14.1. The van der Waals surface area contributed by atoms with E-state index in [2.05, 4.69) is 19.2 Å². The van der Waals surface area contributed by atoms with Gasteiger partial charge in [-0.25, -0.2) is 4.79 Å². The van der Waals surface area contributed by atoms with Gasteiger partial charge in [-0.2, -0.15) is 0 Å². The van der Waals surface area contributed by atoms with Gasteiger partial charge in [0.15, 0.2) is 0 Å². The van der Waals surface area contributed by atoms with Crippen molar-refractivity contribution in [1.29, 1.82) is 0 Å². The Labute approximate surface area is 142 Å². The van der Waals surface area contributed by atoms with Crippen molar-refractivity contribution in [3.05, 3.63) is 0 Å². The number of rotatable bonds is 6. The molecule has 0 aromatic heterocycles. The Morgan fingerprint density at radius 1 is 1.30 bits per heavy atom. The van der Waals surface area contributed by atoms with E-state index in [-0.39, 0.29) is 12.1 Å². The fraction of sp³-hybridized carbons (Fsp3) is 0.944. The summed E-state index contributed by atoms with van der Waals surface area (Å²) in [6.45, 7) is 16.4. The van der Waals surface area contributed by atoms with Crippen molar-refractivity contribution in [3.63, 3.8) is 0 Å². The minimum Gasteiger partial charge on any atom is -0.444 e. The monoisotopic (exact) mass is 328 g/mol. The smallest absolute Gasteiger partial charge is 0.410 e. The molecule has 0 radical (unpaired) electrons. The summed E-state index contributed by atoms with van der Waals surface area (Å²) in [5.41, 5.74) is -0.456. The molecule has 1 saturated heterocycles. The van der Waals surface area contributed by atoms with Gasteiger partial charge in [0, 0.05) is 31.8 Å². The van der Waals surface area contributed by atoms with E-state index in [1.165, 1.54) is 0 Å². The van der Waals surface area contributed by atoms with E-state index in [0.717, 1.165) is 26.0 Å². The molecule has 0 aromatic rings. The third-order valence-electron chi connectivity index (χ3n) is 4.10. The topological polar surface area (TPSA) is 50.8 Å². The molecule has 0 aliphatic carbocycles. The summed E-state index contributed by atoms with van der Waals surface area (Å²) in [6, 6.07) is 0.605. The van der Waals surface area contributed by atoms with Gasteiger partial charge >= 0.3 is 6.09 Å². The third kappa shape index (κ3) is 7.53. The highest BCUT2D eigenvalue weighted by atomic mass is 16.6. The molecule has 2 unspecified atom stereocenters. The molecule has 0 bridgehead atoms. The van der Waals surface area contributed by atoms with Crippen molar-refractivity contribution in [3.8, 4) is 0 Å². The molecular weight excluding hydrogens is 292 g/mol. The van der Waals surface area contributed by atoms with Crippen molar-refractivity contribution in [2.24, 2.45) is 5.92 Å².